The molecule has 1 heterocycles. The molecule has 0 aliphatic carbocycles. The summed E-state index contributed by atoms with van der Waals surface area (Å²) in [6.07, 6.45) is 3.04. The fourth-order valence-electron chi connectivity index (χ4n) is 0.988. The number of aliphatic carboxylic acids is 1. The van der Waals surface area contributed by atoms with Crippen molar-refractivity contribution in [1.29, 1.82) is 0 Å². The highest BCUT2D eigenvalue weighted by Gasteiger charge is 2.19. The van der Waals surface area contributed by atoms with E-state index in [-0.39, 0.29) is 6.42 Å². The summed E-state index contributed by atoms with van der Waals surface area (Å²) in [4.78, 5) is 27.6. The van der Waals surface area contributed by atoms with Crippen molar-refractivity contribution in [2.75, 3.05) is 0 Å². The molecule has 1 atom stereocenters. The molecule has 7 heteroatoms. The van der Waals surface area contributed by atoms with Gasteiger partial charge in [0.25, 0.3) is 0 Å². The highest BCUT2D eigenvalue weighted by molar-refractivity contribution is 5.81. The minimum atomic E-state index is -1.14. The molecular formula is C7H10N4O3. The second-order valence-corrected chi connectivity index (χ2v) is 2.68. The first-order valence-corrected chi connectivity index (χ1v) is 3.85. The van der Waals surface area contributed by atoms with Crippen molar-refractivity contribution in [1.82, 2.24) is 15.3 Å². The summed E-state index contributed by atoms with van der Waals surface area (Å²) in [5.41, 5.74) is 5.44. The second-order valence-electron chi connectivity index (χ2n) is 2.68. The second kappa shape index (κ2) is 4.26. The summed E-state index contributed by atoms with van der Waals surface area (Å²) < 4.78 is 0. The van der Waals surface area contributed by atoms with Crippen LogP contribution in [0.25, 0.3) is 0 Å². The summed E-state index contributed by atoms with van der Waals surface area (Å²) >= 11 is 0. The first kappa shape index (κ1) is 10.0. The number of hydrogen-bond donors (Lipinski definition) is 4. The lowest BCUT2D eigenvalue weighted by molar-refractivity contribution is -0.139. The molecule has 0 spiro atoms. The van der Waals surface area contributed by atoms with Gasteiger partial charge in [0, 0.05) is 18.3 Å². The van der Waals surface area contributed by atoms with Crippen LogP contribution in [-0.2, 0) is 11.2 Å². The average Bonchev–Trinajstić information content (AvgIpc) is 2.54. The van der Waals surface area contributed by atoms with Crippen molar-refractivity contribution in [2.24, 2.45) is 5.73 Å². The van der Waals surface area contributed by atoms with Crippen molar-refractivity contribution >= 4 is 12.0 Å². The normalized spacial score (nSPS) is 12.0. The summed E-state index contributed by atoms with van der Waals surface area (Å²) in [5, 5.41) is 10.8. The van der Waals surface area contributed by atoms with Gasteiger partial charge in [0.2, 0.25) is 0 Å². The standard InChI is InChI=1S/C7H10N4O3/c8-7(14)11-5(6(12)13)1-4-2-9-3-10-4/h2-3,5H,1H2,(H,9,10)(H,12,13)(H3,8,11,14). The quantitative estimate of drug-likeness (QED) is 0.499. The lowest BCUT2D eigenvalue weighted by Gasteiger charge is -2.10. The Morgan fingerprint density at radius 2 is 2.43 bits per heavy atom. The van der Waals surface area contributed by atoms with Crippen LogP contribution in [0, 0.1) is 0 Å². The molecule has 14 heavy (non-hydrogen) atoms. The number of carboxylic acids is 1. The fourth-order valence-corrected chi connectivity index (χ4v) is 0.988. The van der Waals surface area contributed by atoms with Gasteiger partial charge in [-0.05, 0) is 0 Å². The SMILES string of the molecule is NC(=O)NC(Cc1cnc[nH]1)C(=O)O. The van der Waals surface area contributed by atoms with E-state index in [1.54, 1.807) is 0 Å². The molecule has 7 nitrogen and oxygen atoms in total. The number of nitrogens with two attached hydrogens (primary N) is 1. The van der Waals surface area contributed by atoms with Crippen molar-refractivity contribution in [3.63, 3.8) is 0 Å². The molecule has 1 unspecified atom stereocenters. The highest BCUT2D eigenvalue weighted by atomic mass is 16.4. The Labute approximate surface area is 79.3 Å². The Kier molecular flexibility index (Phi) is 3.05. The van der Waals surface area contributed by atoms with Gasteiger partial charge in [0.1, 0.15) is 6.04 Å². The Balaban J connectivity index is 2.60. The van der Waals surface area contributed by atoms with Crippen molar-refractivity contribution in [2.45, 2.75) is 12.5 Å². The maximum absolute atomic E-state index is 10.7. The molecule has 76 valence electrons. The number of primary amides is 1. The fraction of sp³-hybridized carbons (Fsp3) is 0.286. The summed E-state index contributed by atoms with van der Waals surface area (Å²) in [6.45, 7) is 0. The van der Waals surface area contributed by atoms with Crippen molar-refractivity contribution < 1.29 is 14.7 Å². The number of carbonyl (C=O) groups excluding carboxylic acids is 1. The maximum atomic E-state index is 10.7. The zero-order valence-electron chi connectivity index (χ0n) is 7.23. The maximum Gasteiger partial charge on any atom is 0.326 e. The van der Waals surface area contributed by atoms with Crippen LogP contribution < -0.4 is 11.1 Å². The molecule has 0 saturated carbocycles. The number of hydrogen-bond acceptors (Lipinski definition) is 3. The van der Waals surface area contributed by atoms with Gasteiger partial charge < -0.3 is 21.1 Å². The number of carbonyl (C=O) groups is 2. The molecule has 0 aromatic carbocycles. The number of nitrogens with zero attached hydrogens (tertiary/aromatic N) is 1. The van der Waals surface area contributed by atoms with E-state index in [9.17, 15) is 9.59 Å². The monoisotopic (exact) mass is 198 g/mol. The largest absolute Gasteiger partial charge is 0.480 e. The minimum Gasteiger partial charge on any atom is -0.480 e. The number of carboxylic acid groups (broad SMARTS) is 1. The lowest BCUT2D eigenvalue weighted by Crippen LogP contribution is -2.44. The predicted molar refractivity (Wildman–Crippen MR) is 46.4 cm³/mol. The minimum absolute atomic E-state index is 0.123. The zero-order valence-corrected chi connectivity index (χ0v) is 7.23. The topological polar surface area (TPSA) is 121 Å². The van der Waals surface area contributed by atoms with Crippen LogP contribution in [-0.4, -0.2) is 33.1 Å². The Morgan fingerprint density at radius 3 is 2.86 bits per heavy atom. The van der Waals surface area contributed by atoms with E-state index < -0.39 is 18.0 Å². The van der Waals surface area contributed by atoms with Crippen molar-refractivity contribution in [3.05, 3.63) is 18.2 Å². The summed E-state index contributed by atoms with van der Waals surface area (Å²) in [6, 6.07) is -1.90. The number of imidazole rings is 1. The van der Waals surface area contributed by atoms with E-state index in [0.29, 0.717) is 5.69 Å². The molecular weight excluding hydrogens is 188 g/mol. The molecule has 0 bridgehead atoms. The Morgan fingerprint density at radius 1 is 1.71 bits per heavy atom. The van der Waals surface area contributed by atoms with Gasteiger partial charge in [-0.15, -0.1) is 0 Å². The molecule has 0 fully saturated rings. The van der Waals surface area contributed by atoms with Gasteiger partial charge >= 0.3 is 12.0 Å². The average molecular weight is 198 g/mol. The number of nitrogens with one attached hydrogen (secondary N) is 2. The van der Waals surface area contributed by atoms with Gasteiger partial charge in [-0.25, -0.2) is 14.6 Å². The number of aromatic amines is 1. The molecule has 2 amide bonds. The van der Waals surface area contributed by atoms with E-state index >= 15 is 0 Å². The zero-order chi connectivity index (χ0) is 10.6. The Bertz CT molecular complexity index is 322. The van der Waals surface area contributed by atoms with Crippen LogP contribution in [0.3, 0.4) is 0 Å². The molecule has 0 aliphatic rings. The third kappa shape index (κ3) is 2.77. The van der Waals surface area contributed by atoms with Gasteiger partial charge in [-0.2, -0.15) is 0 Å². The third-order valence-electron chi connectivity index (χ3n) is 1.59. The molecule has 1 rings (SSSR count). The molecule has 1 aromatic rings. The van der Waals surface area contributed by atoms with Crippen LogP contribution in [0.4, 0.5) is 4.79 Å². The van der Waals surface area contributed by atoms with Gasteiger partial charge in [-0.1, -0.05) is 0 Å². The third-order valence-corrected chi connectivity index (χ3v) is 1.59. The first-order chi connectivity index (χ1) is 6.59. The number of amides is 2. The number of rotatable bonds is 4. The van der Waals surface area contributed by atoms with E-state index in [4.69, 9.17) is 10.8 Å². The van der Waals surface area contributed by atoms with Gasteiger partial charge in [0.15, 0.2) is 0 Å². The van der Waals surface area contributed by atoms with Crippen LogP contribution in [0.5, 0.6) is 0 Å². The molecule has 0 saturated heterocycles. The molecule has 5 N–H and O–H groups in total. The van der Waals surface area contributed by atoms with E-state index in [1.807, 2.05) is 0 Å². The van der Waals surface area contributed by atoms with Crippen LogP contribution in [0.15, 0.2) is 12.5 Å². The first-order valence-electron chi connectivity index (χ1n) is 3.85. The summed E-state index contributed by atoms with van der Waals surface area (Å²) in [5.74, 6) is -1.14. The number of H-pyrrole nitrogens is 1. The van der Waals surface area contributed by atoms with Crippen LogP contribution >= 0.6 is 0 Å². The number of urea groups is 1. The Hall–Kier alpha value is -2.05. The van der Waals surface area contributed by atoms with Crippen molar-refractivity contribution in [3.8, 4) is 0 Å². The smallest absolute Gasteiger partial charge is 0.326 e. The van der Waals surface area contributed by atoms with Crippen LogP contribution in [0.1, 0.15) is 5.69 Å². The molecule has 0 aliphatic heterocycles. The number of aromatic nitrogens is 2. The highest BCUT2D eigenvalue weighted by Crippen LogP contribution is 1.98. The van der Waals surface area contributed by atoms with Gasteiger partial charge in [0.05, 0.1) is 6.33 Å². The predicted octanol–water partition coefficient (Wildman–Crippen LogP) is -0.926. The molecule has 0 radical (unpaired) electrons. The summed E-state index contributed by atoms with van der Waals surface area (Å²) in [7, 11) is 0. The van der Waals surface area contributed by atoms with Gasteiger partial charge in [-0.3, -0.25) is 0 Å². The van der Waals surface area contributed by atoms with E-state index in [2.05, 4.69) is 15.3 Å². The molecule has 1 aromatic heterocycles. The lowest BCUT2D eigenvalue weighted by atomic mass is 10.2. The van der Waals surface area contributed by atoms with Crippen LogP contribution in [0.2, 0.25) is 0 Å². The van der Waals surface area contributed by atoms with E-state index in [0.717, 1.165) is 0 Å². The van der Waals surface area contributed by atoms with E-state index in [1.165, 1.54) is 12.5 Å².